The van der Waals surface area contributed by atoms with Crippen molar-refractivity contribution in [3.63, 3.8) is 0 Å². The number of hydrogen-bond donors (Lipinski definition) is 2. The average Bonchev–Trinajstić information content (AvgIpc) is 3.06. The number of nitrogens with one attached hydrogen (secondary N) is 1. The van der Waals surface area contributed by atoms with E-state index < -0.39 is 5.97 Å². The monoisotopic (exact) mass is 419 g/mol. The maximum absolute atomic E-state index is 11.6. The summed E-state index contributed by atoms with van der Waals surface area (Å²) in [5, 5.41) is 12.9. The molecule has 4 rings (SSSR count). The van der Waals surface area contributed by atoms with Gasteiger partial charge in [-0.05, 0) is 56.7 Å². The summed E-state index contributed by atoms with van der Waals surface area (Å²) in [7, 11) is 0. The summed E-state index contributed by atoms with van der Waals surface area (Å²) in [6.45, 7) is 0. The van der Waals surface area contributed by atoms with E-state index in [1.54, 1.807) is 0 Å². The molecule has 4 aromatic rings. The first-order chi connectivity index (χ1) is 13.1. The second-order valence-electron chi connectivity index (χ2n) is 6.46. The van der Waals surface area contributed by atoms with Gasteiger partial charge in [0.05, 0.1) is 5.52 Å². The van der Waals surface area contributed by atoms with E-state index in [-0.39, 0.29) is 5.69 Å². The van der Waals surface area contributed by atoms with Gasteiger partial charge in [-0.3, -0.25) is 0 Å². The van der Waals surface area contributed by atoms with E-state index in [4.69, 9.17) is 0 Å². The number of aryl methyl sites for hydroxylation is 1. The number of H-pyrrole nitrogens is 1. The molecular weight excluding hydrogens is 402 g/mol. The first-order valence-electron chi connectivity index (χ1n) is 8.82. The number of benzene rings is 3. The summed E-state index contributed by atoms with van der Waals surface area (Å²) < 4.78 is 0.875. The molecule has 0 amide bonds. The van der Waals surface area contributed by atoms with Crippen LogP contribution in [0.5, 0.6) is 0 Å². The number of para-hydroxylation sites is 1. The molecule has 0 aliphatic rings. The fraction of sp³-hybridized carbons (Fsp3) is 0.0870. The quantitative estimate of drug-likeness (QED) is 0.391. The van der Waals surface area contributed by atoms with Crippen molar-refractivity contribution in [1.29, 1.82) is 0 Å². The lowest BCUT2D eigenvalue weighted by atomic mass is 10.0. The van der Waals surface area contributed by atoms with Gasteiger partial charge < -0.3 is 10.1 Å². The smallest absolute Gasteiger partial charge is 0.352 e. The van der Waals surface area contributed by atoms with Crippen LogP contribution in [0.25, 0.3) is 27.8 Å². The van der Waals surface area contributed by atoms with Crippen molar-refractivity contribution < 1.29 is 9.90 Å². The van der Waals surface area contributed by atoms with E-state index in [1.165, 1.54) is 16.3 Å². The van der Waals surface area contributed by atoms with Gasteiger partial charge >= 0.3 is 5.97 Å². The molecule has 2 N–H and O–H groups in total. The molecule has 3 aromatic carbocycles. The van der Waals surface area contributed by atoms with E-state index in [2.05, 4.69) is 63.4 Å². The molecule has 0 atom stereocenters. The number of aromatic carboxylic acids is 1. The van der Waals surface area contributed by atoms with Crippen LogP contribution < -0.4 is 0 Å². The van der Waals surface area contributed by atoms with Crippen LogP contribution in [0.3, 0.4) is 0 Å². The van der Waals surface area contributed by atoms with Gasteiger partial charge in [0.2, 0.25) is 0 Å². The molecule has 0 fully saturated rings. The lowest BCUT2D eigenvalue weighted by molar-refractivity contribution is 0.0690. The maximum atomic E-state index is 11.6. The number of aromatic nitrogens is 1. The Morgan fingerprint density at radius 3 is 2.59 bits per heavy atom. The van der Waals surface area contributed by atoms with Crippen LogP contribution in [0, 0.1) is 0 Å². The Morgan fingerprint density at radius 2 is 1.74 bits per heavy atom. The number of aromatic amines is 1. The Morgan fingerprint density at radius 1 is 1.00 bits per heavy atom. The molecule has 134 valence electrons. The van der Waals surface area contributed by atoms with Gasteiger partial charge in [-0.2, -0.15) is 0 Å². The van der Waals surface area contributed by atoms with Gasteiger partial charge in [-0.1, -0.05) is 66.7 Å². The predicted molar refractivity (Wildman–Crippen MR) is 114 cm³/mol. The largest absolute Gasteiger partial charge is 0.477 e. The molecule has 1 aromatic heterocycles. The summed E-state index contributed by atoms with van der Waals surface area (Å²) >= 11 is 3.49. The topological polar surface area (TPSA) is 53.1 Å². The van der Waals surface area contributed by atoms with Crippen molar-refractivity contribution in [3.05, 3.63) is 88.0 Å². The molecule has 0 saturated heterocycles. The third kappa shape index (κ3) is 3.40. The number of carboxylic acid groups (broad SMARTS) is 1. The normalized spacial score (nSPS) is 11.6. The van der Waals surface area contributed by atoms with Crippen molar-refractivity contribution in [2.45, 2.75) is 12.8 Å². The molecule has 0 saturated carbocycles. The van der Waals surface area contributed by atoms with Crippen molar-refractivity contribution in [3.8, 4) is 0 Å². The van der Waals surface area contributed by atoms with Crippen molar-refractivity contribution in [1.82, 2.24) is 4.98 Å². The summed E-state index contributed by atoms with van der Waals surface area (Å²) in [4.78, 5) is 14.7. The molecule has 0 aliphatic carbocycles. The zero-order chi connectivity index (χ0) is 18.8. The summed E-state index contributed by atoms with van der Waals surface area (Å²) in [6, 6.07) is 20.4. The van der Waals surface area contributed by atoms with Crippen molar-refractivity contribution in [2.75, 3.05) is 0 Å². The highest BCUT2D eigenvalue weighted by atomic mass is 79.9. The second kappa shape index (κ2) is 7.41. The Kier molecular flexibility index (Phi) is 4.82. The third-order valence-electron chi connectivity index (χ3n) is 4.79. The zero-order valence-electron chi connectivity index (χ0n) is 14.6. The molecule has 3 nitrogen and oxygen atoms in total. The van der Waals surface area contributed by atoms with Gasteiger partial charge in [0.1, 0.15) is 5.69 Å². The highest BCUT2D eigenvalue weighted by Gasteiger charge is 2.17. The number of allylic oxidation sites excluding steroid dienone is 1. The molecular formula is C23H18BrNO2. The molecule has 0 spiro atoms. The number of halogens is 1. The fourth-order valence-electron chi connectivity index (χ4n) is 3.51. The number of rotatable bonds is 5. The van der Waals surface area contributed by atoms with E-state index in [0.717, 1.165) is 27.4 Å². The first kappa shape index (κ1) is 17.6. The highest BCUT2D eigenvalue weighted by Crippen LogP contribution is 2.29. The van der Waals surface area contributed by atoms with Gasteiger partial charge in [0, 0.05) is 9.86 Å². The second-order valence-corrected chi connectivity index (χ2v) is 7.31. The summed E-state index contributed by atoms with van der Waals surface area (Å²) in [6.07, 6.45) is 5.67. The summed E-state index contributed by atoms with van der Waals surface area (Å²) in [5.41, 5.74) is 3.13. The number of carboxylic acids is 1. The lowest BCUT2D eigenvalue weighted by Gasteiger charge is -2.02. The van der Waals surface area contributed by atoms with E-state index in [1.807, 2.05) is 30.3 Å². The van der Waals surface area contributed by atoms with Crippen LogP contribution in [0.1, 0.15) is 28.0 Å². The van der Waals surface area contributed by atoms with Gasteiger partial charge in [-0.25, -0.2) is 4.79 Å². The zero-order valence-corrected chi connectivity index (χ0v) is 16.2. The highest BCUT2D eigenvalue weighted by molar-refractivity contribution is 9.10. The average molecular weight is 420 g/mol. The Hall–Kier alpha value is -2.85. The lowest BCUT2D eigenvalue weighted by Crippen LogP contribution is -2.01. The minimum atomic E-state index is -0.925. The fourth-order valence-corrected chi connectivity index (χ4v) is 3.98. The summed E-state index contributed by atoms with van der Waals surface area (Å²) in [5.74, 6) is -0.925. The van der Waals surface area contributed by atoms with Gasteiger partial charge in [0.25, 0.3) is 0 Å². The van der Waals surface area contributed by atoms with Crippen LogP contribution in [-0.2, 0) is 6.42 Å². The Labute approximate surface area is 165 Å². The molecule has 0 unspecified atom stereocenters. The molecule has 0 aliphatic heterocycles. The van der Waals surface area contributed by atoms with Crippen molar-refractivity contribution >= 4 is 49.7 Å². The molecule has 0 bridgehead atoms. The van der Waals surface area contributed by atoms with Crippen LogP contribution in [0.4, 0.5) is 0 Å². The van der Waals surface area contributed by atoms with Crippen LogP contribution in [0.2, 0.25) is 0 Å². The molecule has 27 heavy (non-hydrogen) atoms. The SMILES string of the molecule is O=C(O)c1[nH]c2c(Br)cccc2c1CCC=Cc1cccc2ccccc12. The Bertz CT molecular complexity index is 1170. The maximum Gasteiger partial charge on any atom is 0.352 e. The standard InChI is InChI=1S/C23H18BrNO2/c24-20-14-6-13-18-19(22(23(26)27)25-21(18)20)12-4-2-8-16-10-5-9-15-7-1-3-11-17(15)16/h1-3,5-11,13-14,25H,4,12H2,(H,26,27). The van der Waals surface area contributed by atoms with E-state index in [9.17, 15) is 9.90 Å². The first-order valence-corrected chi connectivity index (χ1v) is 9.61. The van der Waals surface area contributed by atoms with E-state index in [0.29, 0.717) is 6.42 Å². The van der Waals surface area contributed by atoms with Crippen LogP contribution in [-0.4, -0.2) is 16.1 Å². The number of fused-ring (bicyclic) bond motifs is 2. The predicted octanol–water partition coefficient (Wildman–Crippen LogP) is 6.43. The third-order valence-corrected chi connectivity index (χ3v) is 5.45. The minimum Gasteiger partial charge on any atom is -0.477 e. The van der Waals surface area contributed by atoms with Crippen LogP contribution >= 0.6 is 15.9 Å². The van der Waals surface area contributed by atoms with Gasteiger partial charge in [-0.15, -0.1) is 0 Å². The Balaban J connectivity index is 1.60. The van der Waals surface area contributed by atoms with E-state index >= 15 is 0 Å². The van der Waals surface area contributed by atoms with Gasteiger partial charge in [0.15, 0.2) is 0 Å². The number of hydrogen-bond acceptors (Lipinski definition) is 1. The number of carbonyl (C=O) groups is 1. The molecule has 4 heteroatoms. The van der Waals surface area contributed by atoms with Crippen molar-refractivity contribution in [2.24, 2.45) is 0 Å². The minimum absolute atomic E-state index is 0.274. The van der Waals surface area contributed by atoms with Crippen LogP contribution in [0.15, 0.2) is 71.2 Å². The molecule has 0 radical (unpaired) electrons. The molecule has 1 heterocycles.